The predicted octanol–water partition coefficient (Wildman–Crippen LogP) is 3.72. The highest BCUT2D eigenvalue weighted by molar-refractivity contribution is 5.91. The van der Waals surface area contributed by atoms with Crippen molar-refractivity contribution in [3.05, 3.63) is 65.7 Å². The van der Waals surface area contributed by atoms with Gasteiger partial charge in [-0.2, -0.15) is 0 Å². The van der Waals surface area contributed by atoms with E-state index in [1.165, 1.54) is 5.56 Å². The molecule has 4 nitrogen and oxygen atoms in total. The number of hydrogen-bond donors (Lipinski definition) is 1. The minimum absolute atomic E-state index is 0.0512. The standard InChI is InChI=1S/C22H24N2O2/c1-4-26-19-12-8-5-9-16(19)13-14-22-21(2,3)17-10-6-7-11-18(17)24(22)15-20(25)23-22/h5-14H,4,15H2,1-3H3,(H,23,25)/b14-13+/t22-/m0/s1. The van der Waals surface area contributed by atoms with Crippen LogP contribution in [0.15, 0.2) is 54.6 Å². The second-order valence-corrected chi connectivity index (χ2v) is 7.35. The minimum Gasteiger partial charge on any atom is -0.493 e. The molecule has 134 valence electrons. The second-order valence-electron chi connectivity index (χ2n) is 7.35. The van der Waals surface area contributed by atoms with Crippen LogP contribution in [0.5, 0.6) is 5.75 Å². The fourth-order valence-electron chi connectivity index (χ4n) is 4.26. The summed E-state index contributed by atoms with van der Waals surface area (Å²) in [5, 5.41) is 3.25. The Morgan fingerprint density at radius 1 is 1.15 bits per heavy atom. The number of nitrogens with zero attached hydrogens (tertiary/aromatic N) is 1. The molecule has 0 radical (unpaired) electrons. The summed E-state index contributed by atoms with van der Waals surface area (Å²) in [6.45, 7) is 7.36. The highest BCUT2D eigenvalue weighted by atomic mass is 16.5. The van der Waals surface area contributed by atoms with Gasteiger partial charge >= 0.3 is 0 Å². The number of rotatable bonds is 4. The first kappa shape index (κ1) is 16.7. The number of ether oxygens (including phenoxy) is 1. The molecule has 0 saturated carbocycles. The maximum absolute atomic E-state index is 12.3. The molecule has 4 heteroatoms. The minimum atomic E-state index is -0.576. The highest BCUT2D eigenvalue weighted by Crippen LogP contribution is 2.52. The number of anilines is 1. The zero-order chi connectivity index (χ0) is 18.4. The van der Waals surface area contributed by atoms with Crippen LogP contribution < -0.4 is 15.0 Å². The average Bonchev–Trinajstić information content (AvgIpc) is 3.06. The molecule has 0 unspecified atom stereocenters. The lowest BCUT2D eigenvalue weighted by atomic mass is 9.75. The fourth-order valence-corrected chi connectivity index (χ4v) is 4.26. The lowest BCUT2D eigenvalue weighted by Gasteiger charge is -2.40. The first-order chi connectivity index (χ1) is 12.5. The number of benzene rings is 2. The van der Waals surface area contributed by atoms with E-state index < -0.39 is 5.66 Å². The summed E-state index contributed by atoms with van der Waals surface area (Å²) >= 11 is 0. The van der Waals surface area contributed by atoms with Gasteiger partial charge in [0.2, 0.25) is 5.91 Å². The summed E-state index contributed by atoms with van der Waals surface area (Å²) in [7, 11) is 0. The molecule has 1 N–H and O–H groups in total. The van der Waals surface area contributed by atoms with Gasteiger partial charge in [-0.3, -0.25) is 4.79 Å². The van der Waals surface area contributed by atoms with Crippen LogP contribution in [0.4, 0.5) is 5.69 Å². The van der Waals surface area contributed by atoms with Crippen LogP contribution in [0.1, 0.15) is 31.9 Å². The number of amides is 1. The third-order valence-corrected chi connectivity index (χ3v) is 5.60. The molecule has 0 aliphatic carbocycles. The lowest BCUT2D eigenvalue weighted by molar-refractivity contribution is -0.118. The summed E-state index contributed by atoms with van der Waals surface area (Å²) in [6, 6.07) is 16.3. The normalized spacial score (nSPS) is 23.0. The molecule has 4 rings (SSSR count). The van der Waals surface area contributed by atoms with Gasteiger partial charge in [-0.15, -0.1) is 0 Å². The quantitative estimate of drug-likeness (QED) is 0.915. The SMILES string of the molecule is CCOc1ccccc1/C=C/[C@]12NC(=O)CN1c1ccccc1C2(C)C. The van der Waals surface area contributed by atoms with E-state index in [1.807, 2.05) is 37.3 Å². The molecule has 2 aliphatic heterocycles. The van der Waals surface area contributed by atoms with Crippen molar-refractivity contribution in [2.24, 2.45) is 0 Å². The van der Waals surface area contributed by atoms with Crippen molar-refractivity contribution in [2.45, 2.75) is 31.8 Å². The number of fused-ring (bicyclic) bond motifs is 3. The predicted molar refractivity (Wildman–Crippen MR) is 104 cm³/mol. The monoisotopic (exact) mass is 348 g/mol. The highest BCUT2D eigenvalue weighted by Gasteiger charge is 2.59. The van der Waals surface area contributed by atoms with E-state index in [1.54, 1.807) is 0 Å². The van der Waals surface area contributed by atoms with Crippen molar-refractivity contribution in [1.82, 2.24) is 5.32 Å². The number of hydrogen-bond acceptors (Lipinski definition) is 3. The van der Waals surface area contributed by atoms with Crippen molar-refractivity contribution >= 4 is 17.7 Å². The van der Waals surface area contributed by atoms with Gasteiger partial charge < -0.3 is 15.0 Å². The second kappa shape index (κ2) is 5.90. The number of nitrogens with one attached hydrogen (secondary N) is 1. The van der Waals surface area contributed by atoms with Crippen molar-refractivity contribution in [3.8, 4) is 5.75 Å². The molecule has 1 saturated heterocycles. The first-order valence-electron chi connectivity index (χ1n) is 9.09. The zero-order valence-electron chi connectivity index (χ0n) is 15.5. The molecule has 0 aromatic heterocycles. The van der Waals surface area contributed by atoms with Crippen molar-refractivity contribution < 1.29 is 9.53 Å². The van der Waals surface area contributed by atoms with Crippen LogP contribution in [-0.2, 0) is 10.2 Å². The third kappa shape index (κ3) is 2.25. The van der Waals surface area contributed by atoms with Gasteiger partial charge in [-0.05, 0) is 30.7 Å². The van der Waals surface area contributed by atoms with Gasteiger partial charge in [-0.25, -0.2) is 0 Å². The van der Waals surface area contributed by atoms with E-state index >= 15 is 0 Å². The zero-order valence-corrected chi connectivity index (χ0v) is 15.5. The maximum atomic E-state index is 12.3. The largest absolute Gasteiger partial charge is 0.493 e. The van der Waals surface area contributed by atoms with E-state index in [0.29, 0.717) is 13.2 Å². The molecule has 1 atom stereocenters. The van der Waals surface area contributed by atoms with Crippen molar-refractivity contribution in [3.63, 3.8) is 0 Å². The fraction of sp³-hybridized carbons (Fsp3) is 0.318. The topological polar surface area (TPSA) is 41.6 Å². The summed E-state index contributed by atoms with van der Waals surface area (Å²) in [5.74, 6) is 0.905. The lowest BCUT2D eigenvalue weighted by Crippen LogP contribution is -2.58. The van der Waals surface area contributed by atoms with Crippen LogP contribution >= 0.6 is 0 Å². The molecular weight excluding hydrogens is 324 g/mol. The molecule has 2 heterocycles. The Morgan fingerprint density at radius 2 is 1.88 bits per heavy atom. The van der Waals surface area contributed by atoms with Gasteiger partial charge in [-0.1, -0.05) is 56.3 Å². The summed E-state index contributed by atoms with van der Waals surface area (Å²) < 4.78 is 5.74. The van der Waals surface area contributed by atoms with Crippen LogP contribution in [0.2, 0.25) is 0 Å². The summed E-state index contributed by atoms with van der Waals surface area (Å²) in [4.78, 5) is 14.5. The van der Waals surface area contributed by atoms with Crippen LogP contribution in [0, 0.1) is 0 Å². The number of carbonyl (C=O) groups excluding carboxylic acids is 1. The Bertz CT molecular complexity index is 887. The van der Waals surface area contributed by atoms with Crippen LogP contribution in [0.25, 0.3) is 6.08 Å². The molecular formula is C22H24N2O2. The van der Waals surface area contributed by atoms with Crippen LogP contribution in [-0.4, -0.2) is 24.7 Å². The van der Waals surface area contributed by atoms with E-state index in [9.17, 15) is 4.79 Å². The molecule has 2 aliphatic rings. The van der Waals surface area contributed by atoms with E-state index in [-0.39, 0.29) is 11.3 Å². The number of para-hydroxylation sites is 2. The third-order valence-electron chi connectivity index (χ3n) is 5.60. The molecule has 0 bridgehead atoms. The molecule has 1 amide bonds. The Hall–Kier alpha value is -2.75. The number of carbonyl (C=O) groups is 1. The Balaban J connectivity index is 1.81. The van der Waals surface area contributed by atoms with Gasteiger partial charge in [0.25, 0.3) is 0 Å². The Kier molecular flexibility index (Phi) is 3.79. The average molecular weight is 348 g/mol. The Labute approximate surface area is 154 Å². The van der Waals surface area contributed by atoms with E-state index in [2.05, 4.69) is 54.4 Å². The van der Waals surface area contributed by atoms with E-state index in [4.69, 9.17) is 4.74 Å². The Morgan fingerprint density at radius 3 is 2.69 bits per heavy atom. The van der Waals surface area contributed by atoms with Crippen LogP contribution in [0.3, 0.4) is 0 Å². The molecule has 26 heavy (non-hydrogen) atoms. The van der Waals surface area contributed by atoms with Gasteiger partial charge in [0.15, 0.2) is 0 Å². The van der Waals surface area contributed by atoms with Gasteiger partial charge in [0.1, 0.15) is 11.4 Å². The first-order valence-corrected chi connectivity index (χ1v) is 9.09. The summed E-state index contributed by atoms with van der Waals surface area (Å²) in [6.07, 6.45) is 4.19. The molecule has 2 aromatic carbocycles. The van der Waals surface area contributed by atoms with Crippen molar-refractivity contribution in [2.75, 3.05) is 18.1 Å². The van der Waals surface area contributed by atoms with Gasteiger partial charge in [0.05, 0.1) is 13.2 Å². The summed E-state index contributed by atoms with van der Waals surface area (Å²) in [5.41, 5.74) is 2.55. The smallest absolute Gasteiger partial charge is 0.241 e. The van der Waals surface area contributed by atoms with E-state index in [0.717, 1.165) is 17.0 Å². The molecule has 2 aromatic rings. The van der Waals surface area contributed by atoms with Crippen molar-refractivity contribution in [1.29, 1.82) is 0 Å². The maximum Gasteiger partial charge on any atom is 0.241 e. The van der Waals surface area contributed by atoms with Gasteiger partial charge in [0, 0.05) is 16.7 Å². The molecule has 0 spiro atoms. The molecule has 1 fully saturated rings.